The van der Waals surface area contributed by atoms with E-state index in [1.807, 2.05) is 42.5 Å². The van der Waals surface area contributed by atoms with Crippen molar-refractivity contribution in [3.8, 4) is 0 Å². The van der Waals surface area contributed by atoms with Crippen molar-refractivity contribution >= 4 is 23.4 Å². The van der Waals surface area contributed by atoms with E-state index < -0.39 is 0 Å². The lowest BCUT2D eigenvalue weighted by Crippen LogP contribution is -2.18. The zero-order valence-corrected chi connectivity index (χ0v) is 14.0. The van der Waals surface area contributed by atoms with Gasteiger partial charge in [0.05, 0.1) is 0 Å². The van der Waals surface area contributed by atoms with Gasteiger partial charge in [0.1, 0.15) is 0 Å². The standard InChI is InChI=1S/C17H16ClN3OS/c18-15-8-6-14(7-9-15)12-23-17-20-19-16(22)21(17)11-10-13-4-2-1-3-5-13/h1-9H,10-12H2,(H,19,22). The largest absolute Gasteiger partial charge is 0.343 e. The van der Waals surface area contributed by atoms with Crippen LogP contribution in [0.15, 0.2) is 64.5 Å². The Morgan fingerprint density at radius 2 is 1.78 bits per heavy atom. The molecule has 1 heterocycles. The lowest BCUT2D eigenvalue weighted by Gasteiger charge is -2.06. The molecule has 0 bridgehead atoms. The molecule has 0 saturated carbocycles. The molecule has 0 spiro atoms. The number of halogens is 1. The lowest BCUT2D eigenvalue weighted by atomic mass is 10.1. The minimum atomic E-state index is -0.167. The Morgan fingerprint density at radius 1 is 1.04 bits per heavy atom. The molecule has 0 unspecified atom stereocenters. The first-order valence-corrected chi connectivity index (χ1v) is 8.65. The Balaban J connectivity index is 1.66. The molecule has 1 N–H and O–H groups in total. The maximum Gasteiger partial charge on any atom is 0.343 e. The monoisotopic (exact) mass is 345 g/mol. The summed E-state index contributed by atoms with van der Waals surface area (Å²) in [5.41, 5.74) is 2.18. The van der Waals surface area contributed by atoms with Crippen LogP contribution in [0, 0.1) is 0 Å². The van der Waals surface area contributed by atoms with E-state index in [-0.39, 0.29) is 5.69 Å². The zero-order valence-electron chi connectivity index (χ0n) is 12.4. The average Bonchev–Trinajstić information content (AvgIpc) is 2.93. The summed E-state index contributed by atoms with van der Waals surface area (Å²) in [5, 5.41) is 8.09. The lowest BCUT2D eigenvalue weighted by molar-refractivity contribution is 0.616. The Morgan fingerprint density at radius 3 is 2.52 bits per heavy atom. The molecule has 0 aliphatic heterocycles. The highest BCUT2D eigenvalue weighted by Crippen LogP contribution is 2.21. The molecule has 0 aliphatic rings. The van der Waals surface area contributed by atoms with E-state index >= 15 is 0 Å². The molecule has 0 atom stereocenters. The molecule has 6 heteroatoms. The van der Waals surface area contributed by atoms with E-state index in [1.165, 1.54) is 17.3 Å². The number of hydrogen-bond donors (Lipinski definition) is 1. The summed E-state index contributed by atoms with van der Waals surface area (Å²) < 4.78 is 1.69. The summed E-state index contributed by atoms with van der Waals surface area (Å²) in [6, 6.07) is 17.8. The summed E-state index contributed by atoms with van der Waals surface area (Å²) in [5.74, 6) is 0.743. The topological polar surface area (TPSA) is 50.7 Å². The van der Waals surface area contributed by atoms with Crippen LogP contribution in [0.25, 0.3) is 0 Å². The van der Waals surface area contributed by atoms with Crippen molar-refractivity contribution < 1.29 is 0 Å². The fourth-order valence-corrected chi connectivity index (χ4v) is 3.28. The Kier molecular flexibility index (Phi) is 5.20. The quantitative estimate of drug-likeness (QED) is 0.692. The third-order valence-electron chi connectivity index (χ3n) is 3.47. The van der Waals surface area contributed by atoms with Gasteiger partial charge in [0, 0.05) is 17.3 Å². The second-order valence-corrected chi connectivity index (χ2v) is 6.49. The van der Waals surface area contributed by atoms with Crippen molar-refractivity contribution in [3.05, 3.63) is 81.2 Å². The van der Waals surface area contributed by atoms with Gasteiger partial charge in [-0.2, -0.15) is 0 Å². The molecule has 0 saturated heterocycles. The van der Waals surface area contributed by atoms with Crippen LogP contribution in [0.5, 0.6) is 0 Å². The van der Waals surface area contributed by atoms with Crippen LogP contribution in [0.1, 0.15) is 11.1 Å². The van der Waals surface area contributed by atoms with E-state index in [0.29, 0.717) is 11.7 Å². The van der Waals surface area contributed by atoms with E-state index in [1.54, 1.807) is 4.57 Å². The number of hydrogen-bond acceptors (Lipinski definition) is 3. The predicted molar refractivity (Wildman–Crippen MR) is 94.0 cm³/mol. The Labute approximate surface area is 143 Å². The third kappa shape index (κ3) is 4.27. The van der Waals surface area contributed by atoms with Gasteiger partial charge in [-0.05, 0) is 29.7 Å². The van der Waals surface area contributed by atoms with Crippen molar-refractivity contribution in [1.29, 1.82) is 0 Å². The van der Waals surface area contributed by atoms with Crippen molar-refractivity contribution in [3.63, 3.8) is 0 Å². The molecule has 1 aromatic heterocycles. The number of nitrogens with one attached hydrogen (secondary N) is 1. The van der Waals surface area contributed by atoms with Crippen LogP contribution in [-0.4, -0.2) is 14.8 Å². The molecule has 0 amide bonds. The summed E-state index contributed by atoms with van der Waals surface area (Å²) in [6.45, 7) is 0.613. The van der Waals surface area contributed by atoms with Crippen LogP contribution in [-0.2, 0) is 18.7 Å². The van der Waals surface area contributed by atoms with Crippen molar-refractivity contribution in [1.82, 2.24) is 14.8 Å². The highest BCUT2D eigenvalue weighted by molar-refractivity contribution is 7.98. The highest BCUT2D eigenvalue weighted by atomic mass is 35.5. The van der Waals surface area contributed by atoms with Crippen molar-refractivity contribution in [2.24, 2.45) is 0 Å². The van der Waals surface area contributed by atoms with Crippen molar-refractivity contribution in [2.45, 2.75) is 23.9 Å². The number of H-pyrrole nitrogens is 1. The van der Waals surface area contributed by atoms with Gasteiger partial charge < -0.3 is 0 Å². The molecule has 23 heavy (non-hydrogen) atoms. The number of benzene rings is 2. The second kappa shape index (κ2) is 7.53. The molecule has 0 fully saturated rings. The summed E-state index contributed by atoms with van der Waals surface area (Å²) in [7, 11) is 0. The van der Waals surface area contributed by atoms with Gasteiger partial charge in [-0.25, -0.2) is 9.89 Å². The minimum Gasteiger partial charge on any atom is -0.270 e. The van der Waals surface area contributed by atoms with Gasteiger partial charge in [-0.15, -0.1) is 5.10 Å². The van der Waals surface area contributed by atoms with Gasteiger partial charge >= 0.3 is 5.69 Å². The van der Waals surface area contributed by atoms with E-state index in [4.69, 9.17) is 11.6 Å². The second-order valence-electron chi connectivity index (χ2n) is 5.11. The number of aromatic amines is 1. The molecule has 2 aromatic carbocycles. The Bertz CT molecular complexity index is 812. The van der Waals surface area contributed by atoms with Gasteiger partial charge in [0.2, 0.25) is 0 Å². The first-order valence-electron chi connectivity index (χ1n) is 7.29. The van der Waals surface area contributed by atoms with Crippen LogP contribution in [0.4, 0.5) is 0 Å². The zero-order chi connectivity index (χ0) is 16.1. The van der Waals surface area contributed by atoms with Gasteiger partial charge in [-0.1, -0.05) is 65.8 Å². The molecular weight excluding hydrogens is 330 g/mol. The van der Waals surface area contributed by atoms with E-state index in [9.17, 15) is 4.79 Å². The first kappa shape index (κ1) is 15.9. The van der Waals surface area contributed by atoms with Gasteiger partial charge in [0.15, 0.2) is 5.16 Å². The van der Waals surface area contributed by atoms with Gasteiger partial charge in [0.25, 0.3) is 0 Å². The molecule has 0 radical (unpaired) electrons. The fraction of sp³-hybridized carbons (Fsp3) is 0.176. The number of nitrogens with zero attached hydrogens (tertiary/aromatic N) is 2. The summed E-state index contributed by atoms with van der Waals surface area (Å²) in [6.07, 6.45) is 0.800. The SMILES string of the molecule is O=c1[nH]nc(SCc2ccc(Cl)cc2)n1CCc1ccccc1. The normalized spacial score (nSPS) is 10.8. The van der Waals surface area contributed by atoms with Crippen LogP contribution < -0.4 is 5.69 Å². The number of rotatable bonds is 6. The molecule has 4 nitrogen and oxygen atoms in total. The molecule has 0 aliphatic carbocycles. The number of aromatic nitrogens is 3. The molecular formula is C17H16ClN3OS. The maximum atomic E-state index is 11.9. The predicted octanol–water partition coefficient (Wildman–Crippen LogP) is 3.76. The molecule has 3 aromatic rings. The summed E-state index contributed by atoms with van der Waals surface area (Å²) in [4.78, 5) is 11.9. The van der Waals surface area contributed by atoms with E-state index in [0.717, 1.165) is 22.8 Å². The third-order valence-corrected chi connectivity index (χ3v) is 4.77. The van der Waals surface area contributed by atoms with Crippen LogP contribution in [0.2, 0.25) is 5.02 Å². The maximum absolute atomic E-state index is 11.9. The minimum absolute atomic E-state index is 0.167. The van der Waals surface area contributed by atoms with Gasteiger partial charge in [-0.3, -0.25) is 4.57 Å². The molecule has 3 rings (SSSR count). The van der Waals surface area contributed by atoms with Crippen LogP contribution in [0.3, 0.4) is 0 Å². The smallest absolute Gasteiger partial charge is 0.270 e. The summed E-state index contributed by atoms with van der Waals surface area (Å²) >= 11 is 7.43. The van der Waals surface area contributed by atoms with E-state index in [2.05, 4.69) is 22.3 Å². The van der Waals surface area contributed by atoms with Crippen molar-refractivity contribution in [2.75, 3.05) is 0 Å². The highest BCUT2D eigenvalue weighted by Gasteiger charge is 2.09. The number of thioether (sulfide) groups is 1. The average molecular weight is 346 g/mol. The number of aryl methyl sites for hydroxylation is 1. The Hall–Kier alpha value is -1.98. The fourth-order valence-electron chi connectivity index (χ4n) is 2.22. The first-order chi connectivity index (χ1) is 11.2. The van der Waals surface area contributed by atoms with Crippen LogP contribution >= 0.6 is 23.4 Å². The molecule has 118 valence electrons.